The van der Waals surface area contributed by atoms with E-state index in [9.17, 15) is 9.13 Å². The summed E-state index contributed by atoms with van der Waals surface area (Å²) in [5.41, 5.74) is 3.73. The van der Waals surface area contributed by atoms with Gasteiger partial charge in [-0.25, -0.2) is 9.13 Å². The highest BCUT2D eigenvalue weighted by atomic mass is 31.3. The van der Waals surface area contributed by atoms with Crippen LogP contribution in [0.15, 0.2) is 34.9 Å². The molecule has 0 aromatic heterocycles. The lowest BCUT2D eigenvalue weighted by atomic mass is 10.0. The Bertz CT molecular complexity index is 617. The van der Waals surface area contributed by atoms with Gasteiger partial charge in [-0.05, 0) is 59.3 Å². The van der Waals surface area contributed by atoms with Crippen LogP contribution in [-0.2, 0) is 18.0 Å². The molecule has 3 N–H and O–H groups in total. The maximum Gasteiger partial charge on any atom is 0.481 e. The molecule has 0 spiro atoms. The second-order valence-electron chi connectivity index (χ2n) is 6.67. The highest BCUT2D eigenvalue weighted by Crippen LogP contribution is 2.57. The summed E-state index contributed by atoms with van der Waals surface area (Å²) in [4.78, 5) is 26.2. The molecule has 0 amide bonds. The quantitative estimate of drug-likeness (QED) is 0.238. The largest absolute Gasteiger partial charge is 0.481 e. The Morgan fingerprint density at radius 3 is 1.81 bits per heavy atom. The highest BCUT2D eigenvalue weighted by molar-refractivity contribution is 7.60. The molecular weight excluding hydrogens is 390 g/mol. The predicted octanol–water partition coefficient (Wildman–Crippen LogP) is 5.80. The van der Waals surface area contributed by atoms with E-state index in [1.54, 1.807) is 6.08 Å². The highest BCUT2D eigenvalue weighted by Gasteiger charge is 2.31. The van der Waals surface area contributed by atoms with Crippen LogP contribution in [0.2, 0.25) is 0 Å². The molecule has 9 heteroatoms. The SMILES string of the molecule is CCCC/C(C)=C/CC/C(C)=C/CC/C(C)=C/COP(=O)(O)OP(=O)(O)O. The summed E-state index contributed by atoms with van der Waals surface area (Å²) < 4.78 is 30.1. The Balaban J connectivity index is 4.17. The summed E-state index contributed by atoms with van der Waals surface area (Å²) in [5.74, 6) is 0. The zero-order chi connectivity index (χ0) is 20.9. The average molecular weight is 424 g/mol. The minimum Gasteiger partial charge on any atom is -0.302 e. The molecule has 27 heavy (non-hydrogen) atoms. The van der Waals surface area contributed by atoms with E-state index in [-0.39, 0.29) is 6.61 Å². The number of hydrogen-bond acceptors (Lipinski definition) is 4. The smallest absolute Gasteiger partial charge is 0.302 e. The molecule has 0 heterocycles. The first-order valence-corrected chi connectivity index (χ1v) is 12.2. The van der Waals surface area contributed by atoms with Gasteiger partial charge < -0.3 is 14.7 Å². The van der Waals surface area contributed by atoms with Crippen LogP contribution in [0.25, 0.3) is 0 Å². The van der Waals surface area contributed by atoms with Gasteiger partial charge in [0.05, 0.1) is 6.61 Å². The average Bonchev–Trinajstić information content (AvgIpc) is 2.50. The summed E-state index contributed by atoms with van der Waals surface area (Å²) in [5, 5.41) is 0. The first-order chi connectivity index (χ1) is 12.4. The van der Waals surface area contributed by atoms with Crippen molar-refractivity contribution < 1.29 is 32.6 Å². The van der Waals surface area contributed by atoms with Gasteiger partial charge in [0, 0.05) is 0 Å². The van der Waals surface area contributed by atoms with E-state index in [2.05, 4.69) is 41.8 Å². The van der Waals surface area contributed by atoms with E-state index in [4.69, 9.17) is 14.7 Å². The van der Waals surface area contributed by atoms with Crippen molar-refractivity contribution >= 4 is 15.6 Å². The third-order valence-corrected chi connectivity index (χ3v) is 6.02. The Morgan fingerprint density at radius 1 is 0.852 bits per heavy atom. The van der Waals surface area contributed by atoms with Gasteiger partial charge in [-0.3, -0.25) is 4.52 Å². The van der Waals surface area contributed by atoms with Crippen LogP contribution in [0.4, 0.5) is 0 Å². The monoisotopic (exact) mass is 424 g/mol. The first kappa shape index (κ1) is 26.5. The molecule has 0 aromatic rings. The van der Waals surface area contributed by atoms with Crippen molar-refractivity contribution in [2.75, 3.05) is 6.61 Å². The van der Waals surface area contributed by atoms with Crippen molar-refractivity contribution in [1.29, 1.82) is 0 Å². The van der Waals surface area contributed by atoms with E-state index < -0.39 is 15.6 Å². The van der Waals surface area contributed by atoms with Gasteiger partial charge in [0.15, 0.2) is 0 Å². The lowest BCUT2D eigenvalue weighted by molar-refractivity contribution is 0.191. The third kappa shape index (κ3) is 17.3. The first-order valence-electron chi connectivity index (χ1n) is 9.16. The van der Waals surface area contributed by atoms with Crippen LogP contribution in [0.1, 0.15) is 72.6 Å². The van der Waals surface area contributed by atoms with Gasteiger partial charge in [-0.15, -0.1) is 0 Å². The fourth-order valence-corrected chi connectivity index (χ4v) is 3.81. The van der Waals surface area contributed by atoms with Gasteiger partial charge >= 0.3 is 15.6 Å². The Kier molecular flexibility index (Phi) is 13.4. The molecular formula is C18H34O7P2. The topological polar surface area (TPSA) is 113 Å². The van der Waals surface area contributed by atoms with Crippen molar-refractivity contribution in [3.8, 4) is 0 Å². The van der Waals surface area contributed by atoms with Gasteiger partial charge in [0.2, 0.25) is 0 Å². The molecule has 1 unspecified atom stereocenters. The maximum absolute atomic E-state index is 11.3. The summed E-state index contributed by atoms with van der Waals surface area (Å²) in [6, 6.07) is 0. The zero-order valence-corrected chi connectivity index (χ0v) is 18.5. The van der Waals surface area contributed by atoms with Crippen molar-refractivity contribution in [3.05, 3.63) is 34.9 Å². The Labute approximate surface area is 163 Å². The van der Waals surface area contributed by atoms with Crippen molar-refractivity contribution in [3.63, 3.8) is 0 Å². The molecule has 7 nitrogen and oxygen atoms in total. The molecule has 0 aliphatic carbocycles. The molecule has 0 bridgehead atoms. The van der Waals surface area contributed by atoms with E-state index in [0.717, 1.165) is 31.3 Å². The molecule has 0 rings (SSSR count). The molecule has 0 aliphatic heterocycles. The van der Waals surface area contributed by atoms with Crippen LogP contribution < -0.4 is 0 Å². The van der Waals surface area contributed by atoms with Gasteiger partial charge in [-0.2, -0.15) is 4.31 Å². The van der Waals surface area contributed by atoms with Gasteiger partial charge in [-0.1, -0.05) is 48.3 Å². The molecule has 0 fully saturated rings. The Hall–Kier alpha value is -0.520. The predicted molar refractivity (Wildman–Crippen MR) is 108 cm³/mol. The fourth-order valence-electron chi connectivity index (χ4n) is 2.29. The molecule has 158 valence electrons. The summed E-state index contributed by atoms with van der Waals surface area (Å²) in [6.45, 7) is 8.09. The van der Waals surface area contributed by atoms with Crippen LogP contribution in [0.3, 0.4) is 0 Å². The standard InChI is InChI=1S/C18H34O7P2/c1-5-6-9-16(2)10-7-11-17(3)12-8-13-18(4)14-15-24-27(22,23)25-26(19,20)21/h10,12,14H,5-9,11,13,15H2,1-4H3,(H,22,23)(H2,19,20,21)/b16-10+,17-12+,18-14+. The fraction of sp³-hybridized carbons (Fsp3) is 0.667. The zero-order valence-electron chi connectivity index (χ0n) is 16.8. The van der Waals surface area contributed by atoms with Crippen molar-refractivity contribution in [2.45, 2.75) is 72.6 Å². The second kappa shape index (κ2) is 13.6. The van der Waals surface area contributed by atoms with E-state index in [1.807, 2.05) is 6.92 Å². The van der Waals surface area contributed by atoms with Crippen LogP contribution in [0.5, 0.6) is 0 Å². The molecule has 0 aromatic carbocycles. The van der Waals surface area contributed by atoms with Gasteiger partial charge in [0.25, 0.3) is 0 Å². The normalized spacial score (nSPS) is 16.5. The van der Waals surface area contributed by atoms with E-state index in [1.165, 1.54) is 30.4 Å². The molecule has 1 atom stereocenters. The number of phosphoric acid groups is 2. The van der Waals surface area contributed by atoms with Crippen LogP contribution in [-0.4, -0.2) is 21.3 Å². The summed E-state index contributed by atoms with van der Waals surface area (Å²) >= 11 is 0. The summed E-state index contributed by atoms with van der Waals surface area (Å²) in [7, 11) is -9.84. The van der Waals surface area contributed by atoms with Gasteiger partial charge in [0.1, 0.15) is 0 Å². The molecule has 0 saturated carbocycles. The number of rotatable bonds is 14. The van der Waals surface area contributed by atoms with Crippen LogP contribution >= 0.6 is 15.6 Å². The van der Waals surface area contributed by atoms with E-state index >= 15 is 0 Å². The number of allylic oxidation sites excluding steroid dienone is 5. The number of unbranched alkanes of at least 4 members (excludes halogenated alkanes) is 1. The maximum atomic E-state index is 11.3. The molecule has 0 aliphatic rings. The second-order valence-corrected chi connectivity index (χ2v) is 9.50. The Morgan fingerprint density at radius 2 is 1.33 bits per heavy atom. The van der Waals surface area contributed by atoms with Crippen LogP contribution in [0, 0.1) is 0 Å². The number of phosphoric ester groups is 1. The number of hydrogen-bond donors (Lipinski definition) is 3. The van der Waals surface area contributed by atoms with E-state index in [0.29, 0.717) is 0 Å². The molecule has 0 saturated heterocycles. The minimum absolute atomic E-state index is 0.260. The van der Waals surface area contributed by atoms with Crippen molar-refractivity contribution in [2.24, 2.45) is 0 Å². The van der Waals surface area contributed by atoms with Crippen molar-refractivity contribution in [1.82, 2.24) is 0 Å². The lowest BCUT2D eigenvalue weighted by Crippen LogP contribution is -1.94. The summed E-state index contributed by atoms with van der Waals surface area (Å²) in [6.07, 6.45) is 13.4. The minimum atomic E-state index is -5.07. The molecule has 0 radical (unpaired) electrons. The lowest BCUT2D eigenvalue weighted by Gasteiger charge is -2.11. The third-order valence-electron chi connectivity index (χ3n) is 3.87.